The Morgan fingerprint density at radius 2 is 2.28 bits per heavy atom. The summed E-state index contributed by atoms with van der Waals surface area (Å²) < 4.78 is 18.8. The molecule has 2 aliphatic heterocycles. The van der Waals surface area contributed by atoms with E-state index in [1.807, 2.05) is 11.0 Å². The number of rotatable bonds is 7. The summed E-state index contributed by atoms with van der Waals surface area (Å²) in [4.78, 5) is 14.3. The van der Waals surface area contributed by atoms with Crippen LogP contribution in [0.4, 0.5) is 4.39 Å². The first-order valence-electron chi connectivity index (χ1n) is 8.55. The van der Waals surface area contributed by atoms with Crippen LogP contribution in [0, 0.1) is 18.2 Å². The zero-order chi connectivity index (χ0) is 17.9. The Morgan fingerprint density at radius 3 is 2.92 bits per heavy atom. The smallest absolute Gasteiger partial charge is 0.222 e. The van der Waals surface area contributed by atoms with Crippen molar-refractivity contribution in [3.63, 3.8) is 0 Å². The van der Waals surface area contributed by atoms with Gasteiger partial charge in [0.15, 0.2) is 17.2 Å². The summed E-state index contributed by atoms with van der Waals surface area (Å²) in [5, 5.41) is 8.13. The van der Waals surface area contributed by atoms with E-state index in [0.29, 0.717) is 38.8 Å². The van der Waals surface area contributed by atoms with Crippen LogP contribution >= 0.6 is 0 Å². The van der Waals surface area contributed by atoms with Gasteiger partial charge in [0.1, 0.15) is 0 Å². The molecule has 5 nitrogen and oxygen atoms in total. The highest BCUT2D eigenvalue weighted by atomic mass is 19.1. The van der Waals surface area contributed by atoms with E-state index < -0.39 is 5.66 Å². The second-order valence-corrected chi connectivity index (χ2v) is 6.61. The van der Waals surface area contributed by atoms with Crippen LogP contribution < -0.4 is 4.74 Å². The molecular weight excluding hydrogens is 321 g/mol. The molecule has 1 aromatic rings. The summed E-state index contributed by atoms with van der Waals surface area (Å²) in [5.74, 6) is 2.73. The minimum absolute atomic E-state index is 0.105. The third-order valence-corrected chi connectivity index (χ3v) is 4.98. The fourth-order valence-electron chi connectivity index (χ4n) is 3.33. The number of likely N-dealkylation sites (tertiary alicyclic amines) is 1. The molecule has 0 N–H and O–H groups in total. The molecule has 1 aromatic carbocycles. The number of nitrogens with zero attached hydrogens (tertiary/aromatic N) is 3. The van der Waals surface area contributed by atoms with Crippen molar-refractivity contribution in [1.29, 1.82) is 0 Å². The monoisotopic (exact) mass is 343 g/mol. The number of hydrogen-bond donors (Lipinski definition) is 0. The summed E-state index contributed by atoms with van der Waals surface area (Å²) in [7, 11) is 1.45. The van der Waals surface area contributed by atoms with Crippen LogP contribution in [0.25, 0.3) is 0 Å². The molecule has 1 atom stereocenters. The molecule has 1 unspecified atom stereocenters. The molecule has 6 heteroatoms. The third kappa shape index (κ3) is 3.98. The van der Waals surface area contributed by atoms with Crippen molar-refractivity contribution in [2.75, 3.05) is 20.2 Å². The number of methoxy groups -OCH3 is 1. The quantitative estimate of drug-likeness (QED) is 0.712. The number of hydrogen-bond acceptors (Lipinski definition) is 4. The molecule has 0 saturated carbocycles. The van der Waals surface area contributed by atoms with E-state index in [4.69, 9.17) is 11.2 Å². The number of carbonyl (C=O) groups excluding carboxylic acids is 1. The van der Waals surface area contributed by atoms with Crippen molar-refractivity contribution in [2.24, 2.45) is 10.2 Å². The average Bonchev–Trinajstić information content (AvgIpc) is 3.22. The third-order valence-electron chi connectivity index (χ3n) is 4.98. The normalized spacial score (nSPS) is 20.4. The molecule has 132 valence electrons. The van der Waals surface area contributed by atoms with Gasteiger partial charge in [0.25, 0.3) is 0 Å². The second-order valence-electron chi connectivity index (χ2n) is 6.61. The lowest BCUT2D eigenvalue weighted by Crippen LogP contribution is -2.29. The lowest BCUT2D eigenvalue weighted by Gasteiger charge is -2.18. The molecule has 2 heterocycles. The van der Waals surface area contributed by atoms with Gasteiger partial charge < -0.3 is 9.64 Å². The van der Waals surface area contributed by atoms with E-state index in [2.05, 4.69) is 16.1 Å². The summed E-state index contributed by atoms with van der Waals surface area (Å²) in [5.41, 5.74) is 0.492. The highest BCUT2D eigenvalue weighted by Crippen LogP contribution is 2.38. The second kappa shape index (κ2) is 7.22. The highest BCUT2D eigenvalue weighted by molar-refractivity contribution is 5.76. The number of benzene rings is 1. The van der Waals surface area contributed by atoms with Gasteiger partial charge >= 0.3 is 0 Å². The Labute approximate surface area is 147 Å². The predicted octanol–water partition coefficient (Wildman–Crippen LogP) is 3.51. The molecule has 0 radical (unpaired) electrons. The molecule has 1 amide bonds. The topological polar surface area (TPSA) is 54.3 Å². The SMILES string of the molecule is C#CCCC1(CCC(=O)N2CCC(c3ccc(OC)c(F)c3)C2)N=N1. The number of amides is 1. The van der Waals surface area contributed by atoms with Gasteiger partial charge in [-0.2, -0.15) is 10.2 Å². The van der Waals surface area contributed by atoms with Gasteiger partial charge in [0.05, 0.1) is 7.11 Å². The predicted molar refractivity (Wildman–Crippen MR) is 91.8 cm³/mol. The molecule has 0 bridgehead atoms. The number of halogens is 1. The van der Waals surface area contributed by atoms with Crippen molar-refractivity contribution in [3.8, 4) is 18.1 Å². The Morgan fingerprint density at radius 1 is 1.48 bits per heavy atom. The minimum atomic E-state index is -0.416. The molecular formula is C19H22FN3O2. The Bertz CT molecular complexity index is 720. The van der Waals surface area contributed by atoms with Crippen molar-refractivity contribution in [3.05, 3.63) is 29.6 Å². The summed E-state index contributed by atoms with van der Waals surface area (Å²) >= 11 is 0. The van der Waals surface area contributed by atoms with Crippen molar-refractivity contribution >= 4 is 5.91 Å². The van der Waals surface area contributed by atoms with Crippen LogP contribution in [0.2, 0.25) is 0 Å². The van der Waals surface area contributed by atoms with E-state index in [0.717, 1.165) is 12.0 Å². The standard InChI is InChI=1S/C19H22FN3O2/c1-3-4-9-19(21-22-19)10-7-18(24)23-11-8-15(13-23)14-5-6-17(25-2)16(20)12-14/h1,5-6,12,15H,4,7-11,13H2,2H3. The van der Waals surface area contributed by atoms with Gasteiger partial charge in [-0.3, -0.25) is 4.79 Å². The lowest BCUT2D eigenvalue weighted by atomic mass is 9.98. The van der Waals surface area contributed by atoms with Crippen LogP contribution in [0.1, 0.15) is 43.6 Å². The molecule has 0 aromatic heterocycles. The van der Waals surface area contributed by atoms with E-state index in [1.165, 1.54) is 13.2 Å². The number of ether oxygens (including phenoxy) is 1. The zero-order valence-electron chi connectivity index (χ0n) is 14.4. The average molecular weight is 343 g/mol. The first kappa shape index (κ1) is 17.4. The number of terminal acetylenes is 1. The fraction of sp³-hybridized carbons (Fsp3) is 0.526. The maximum Gasteiger partial charge on any atom is 0.222 e. The molecule has 1 fully saturated rings. The first-order chi connectivity index (χ1) is 12.1. The fourth-order valence-corrected chi connectivity index (χ4v) is 3.33. The molecule has 1 saturated heterocycles. The molecule has 0 spiro atoms. The summed E-state index contributed by atoms with van der Waals surface area (Å²) in [6.07, 6.45) is 8.49. The molecule has 25 heavy (non-hydrogen) atoms. The van der Waals surface area contributed by atoms with Gasteiger partial charge in [-0.15, -0.1) is 12.3 Å². The zero-order valence-corrected chi connectivity index (χ0v) is 14.4. The van der Waals surface area contributed by atoms with Crippen LogP contribution in [-0.2, 0) is 4.79 Å². The summed E-state index contributed by atoms with van der Waals surface area (Å²) in [6, 6.07) is 5.02. The van der Waals surface area contributed by atoms with Crippen LogP contribution in [0.3, 0.4) is 0 Å². The van der Waals surface area contributed by atoms with Crippen molar-refractivity contribution in [1.82, 2.24) is 4.90 Å². The molecule has 0 aliphatic carbocycles. The largest absolute Gasteiger partial charge is 0.494 e. The van der Waals surface area contributed by atoms with Gasteiger partial charge in [-0.25, -0.2) is 4.39 Å². The van der Waals surface area contributed by atoms with E-state index in [1.54, 1.807) is 6.07 Å². The Hall–Kier alpha value is -2.42. The van der Waals surface area contributed by atoms with Gasteiger partial charge in [-0.05, 0) is 24.1 Å². The minimum Gasteiger partial charge on any atom is -0.494 e. The van der Waals surface area contributed by atoms with Crippen LogP contribution in [0.5, 0.6) is 5.75 Å². The maximum atomic E-state index is 13.9. The maximum absolute atomic E-state index is 13.9. The molecule has 3 rings (SSSR count). The van der Waals surface area contributed by atoms with Gasteiger partial charge in [0, 0.05) is 44.7 Å². The van der Waals surface area contributed by atoms with Crippen molar-refractivity contribution < 1.29 is 13.9 Å². The van der Waals surface area contributed by atoms with Gasteiger partial charge in [-0.1, -0.05) is 6.07 Å². The van der Waals surface area contributed by atoms with E-state index >= 15 is 0 Å². The van der Waals surface area contributed by atoms with Crippen molar-refractivity contribution in [2.45, 2.75) is 43.7 Å². The first-order valence-corrected chi connectivity index (χ1v) is 8.55. The Kier molecular flexibility index (Phi) is 5.03. The van der Waals surface area contributed by atoms with Crippen LogP contribution in [0.15, 0.2) is 28.4 Å². The van der Waals surface area contributed by atoms with Gasteiger partial charge in [0.2, 0.25) is 5.91 Å². The van der Waals surface area contributed by atoms with Crippen LogP contribution in [-0.4, -0.2) is 36.7 Å². The lowest BCUT2D eigenvalue weighted by molar-refractivity contribution is -0.130. The van der Waals surface area contributed by atoms with E-state index in [9.17, 15) is 9.18 Å². The highest BCUT2D eigenvalue weighted by Gasteiger charge is 2.40. The molecule has 2 aliphatic rings. The Balaban J connectivity index is 1.51. The van der Waals surface area contributed by atoms with E-state index in [-0.39, 0.29) is 23.4 Å². The number of carbonyl (C=O) groups is 1. The summed E-state index contributed by atoms with van der Waals surface area (Å²) in [6.45, 7) is 1.32.